The van der Waals surface area contributed by atoms with Crippen molar-refractivity contribution in [2.24, 2.45) is 5.73 Å². The van der Waals surface area contributed by atoms with Crippen LogP contribution in [-0.4, -0.2) is 26.0 Å². The highest BCUT2D eigenvalue weighted by Crippen LogP contribution is 2.23. The fraction of sp³-hybridized carbons (Fsp3) is 0.571. The van der Waals surface area contributed by atoms with Crippen molar-refractivity contribution in [2.75, 3.05) is 19.8 Å². The van der Waals surface area contributed by atoms with Crippen LogP contribution in [0.4, 0.5) is 0 Å². The summed E-state index contributed by atoms with van der Waals surface area (Å²) in [5.41, 5.74) is 7.09. The molecule has 0 fully saturated rings. The van der Waals surface area contributed by atoms with Gasteiger partial charge in [-0.3, -0.25) is 0 Å². The Balaban J connectivity index is 2.67. The molecule has 3 nitrogen and oxygen atoms in total. The molecule has 0 saturated heterocycles. The van der Waals surface area contributed by atoms with E-state index in [1.54, 1.807) is 0 Å². The maximum atomic E-state index is 5.86. The Kier molecular flexibility index (Phi) is 7.51. The van der Waals surface area contributed by atoms with Crippen molar-refractivity contribution >= 4 is 15.9 Å². The van der Waals surface area contributed by atoms with Crippen molar-refractivity contribution in [3.8, 4) is 0 Å². The van der Waals surface area contributed by atoms with Crippen molar-refractivity contribution in [3.05, 3.63) is 34.3 Å². The Morgan fingerprint density at radius 2 is 1.67 bits per heavy atom. The van der Waals surface area contributed by atoms with E-state index >= 15 is 0 Å². The third-order valence-corrected chi connectivity index (χ3v) is 3.34. The molecule has 0 bridgehead atoms. The van der Waals surface area contributed by atoms with Gasteiger partial charge in [-0.2, -0.15) is 0 Å². The molecule has 1 aromatic rings. The van der Waals surface area contributed by atoms with Crippen LogP contribution in [0, 0.1) is 0 Å². The lowest BCUT2D eigenvalue weighted by Crippen LogP contribution is -2.24. The second-order valence-corrected chi connectivity index (χ2v) is 4.98. The predicted octanol–water partition coefficient (Wildman–Crippen LogP) is 3.28. The highest BCUT2D eigenvalue weighted by atomic mass is 79.9. The van der Waals surface area contributed by atoms with E-state index in [-0.39, 0.29) is 12.2 Å². The molecule has 0 aliphatic carbocycles. The van der Waals surface area contributed by atoms with Crippen LogP contribution < -0.4 is 5.73 Å². The number of benzene rings is 1. The first-order valence-corrected chi connectivity index (χ1v) is 7.19. The third-order valence-electron chi connectivity index (χ3n) is 2.81. The van der Waals surface area contributed by atoms with E-state index in [2.05, 4.69) is 28.1 Å². The Hall–Kier alpha value is -0.420. The molecular formula is C14H22BrNO2. The molecule has 1 rings (SSSR count). The van der Waals surface area contributed by atoms with Crippen LogP contribution in [-0.2, 0) is 9.47 Å². The van der Waals surface area contributed by atoms with Gasteiger partial charge >= 0.3 is 0 Å². The monoisotopic (exact) mass is 315 g/mol. The Morgan fingerprint density at radius 1 is 1.11 bits per heavy atom. The predicted molar refractivity (Wildman–Crippen MR) is 77.6 cm³/mol. The number of halogens is 1. The fourth-order valence-corrected chi connectivity index (χ4v) is 2.16. The Labute approximate surface area is 118 Å². The lowest BCUT2D eigenvalue weighted by Gasteiger charge is -2.22. The number of rotatable bonds is 8. The molecule has 1 atom stereocenters. The number of nitrogens with two attached hydrogens (primary N) is 1. The molecule has 0 radical (unpaired) electrons. The summed E-state index contributed by atoms with van der Waals surface area (Å²) in [5, 5.41) is 0. The first-order chi connectivity index (χ1) is 8.71. The fourth-order valence-electron chi connectivity index (χ4n) is 1.89. The topological polar surface area (TPSA) is 44.5 Å². The minimum atomic E-state index is -0.169. The van der Waals surface area contributed by atoms with Gasteiger partial charge in [0.15, 0.2) is 6.29 Å². The van der Waals surface area contributed by atoms with Crippen molar-refractivity contribution < 1.29 is 9.47 Å². The van der Waals surface area contributed by atoms with Crippen molar-refractivity contribution in [1.29, 1.82) is 0 Å². The lowest BCUT2D eigenvalue weighted by molar-refractivity contribution is -0.142. The average Bonchev–Trinajstić information content (AvgIpc) is 2.37. The summed E-state index contributed by atoms with van der Waals surface area (Å²) in [5.74, 6) is 0.265. The highest BCUT2D eigenvalue weighted by molar-refractivity contribution is 9.10. The second kappa shape index (κ2) is 8.64. The number of ether oxygens (including phenoxy) is 2. The average molecular weight is 316 g/mol. The van der Waals surface area contributed by atoms with Crippen LogP contribution in [0.25, 0.3) is 0 Å². The Morgan fingerprint density at radius 3 is 2.11 bits per heavy atom. The first-order valence-electron chi connectivity index (χ1n) is 6.39. The molecule has 1 aromatic carbocycles. The van der Waals surface area contributed by atoms with Gasteiger partial charge in [-0.1, -0.05) is 28.1 Å². The van der Waals surface area contributed by atoms with Gasteiger partial charge in [-0.25, -0.2) is 0 Å². The SMILES string of the molecule is CCOC(CC(CN)c1ccc(Br)cc1)OCC. The highest BCUT2D eigenvalue weighted by Gasteiger charge is 2.17. The van der Waals surface area contributed by atoms with E-state index < -0.39 is 0 Å². The minimum Gasteiger partial charge on any atom is -0.353 e. The largest absolute Gasteiger partial charge is 0.353 e. The zero-order valence-electron chi connectivity index (χ0n) is 11.1. The number of hydrogen-bond donors (Lipinski definition) is 1. The molecule has 0 aliphatic heterocycles. The standard InChI is InChI=1S/C14H22BrNO2/c1-3-17-14(18-4-2)9-12(10-16)11-5-7-13(15)8-6-11/h5-8,12,14H,3-4,9-10,16H2,1-2H3. The molecule has 0 aliphatic rings. The summed E-state index contributed by atoms with van der Waals surface area (Å²) >= 11 is 3.44. The zero-order valence-corrected chi connectivity index (χ0v) is 12.7. The van der Waals surface area contributed by atoms with E-state index in [0.29, 0.717) is 19.8 Å². The van der Waals surface area contributed by atoms with Gasteiger partial charge in [0.25, 0.3) is 0 Å². The first kappa shape index (κ1) is 15.6. The lowest BCUT2D eigenvalue weighted by atomic mass is 9.95. The van der Waals surface area contributed by atoms with E-state index in [4.69, 9.17) is 15.2 Å². The molecule has 0 saturated carbocycles. The third kappa shape index (κ3) is 5.06. The minimum absolute atomic E-state index is 0.169. The van der Waals surface area contributed by atoms with Gasteiger partial charge in [0.1, 0.15) is 0 Å². The van der Waals surface area contributed by atoms with E-state index in [0.717, 1.165) is 10.9 Å². The van der Waals surface area contributed by atoms with Crippen molar-refractivity contribution in [2.45, 2.75) is 32.5 Å². The smallest absolute Gasteiger partial charge is 0.158 e. The van der Waals surface area contributed by atoms with E-state index in [9.17, 15) is 0 Å². The summed E-state index contributed by atoms with van der Waals surface area (Å²) in [7, 11) is 0. The van der Waals surface area contributed by atoms with Crippen LogP contribution in [0.3, 0.4) is 0 Å². The normalized spacial score (nSPS) is 12.9. The zero-order chi connectivity index (χ0) is 13.4. The van der Waals surface area contributed by atoms with E-state index in [1.165, 1.54) is 5.56 Å². The van der Waals surface area contributed by atoms with Crippen LogP contribution in [0.2, 0.25) is 0 Å². The van der Waals surface area contributed by atoms with Gasteiger partial charge < -0.3 is 15.2 Å². The molecular weight excluding hydrogens is 294 g/mol. The van der Waals surface area contributed by atoms with Crippen LogP contribution in [0.1, 0.15) is 31.7 Å². The molecule has 102 valence electrons. The molecule has 0 heterocycles. The summed E-state index contributed by atoms with van der Waals surface area (Å²) in [6, 6.07) is 8.26. The molecule has 18 heavy (non-hydrogen) atoms. The van der Waals surface area contributed by atoms with Crippen molar-refractivity contribution in [3.63, 3.8) is 0 Å². The molecule has 0 amide bonds. The van der Waals surface area contributed by atoms with Gasteiger partial charge in [0.2, 0.25) is 0 Å². The van der Waals surface area contributed by atoms with Gasteiger partial charge in [0.05, 0.1) is 0 Å². The van der Waals surface area contributed by atoms with Crippen LogP contribution in [0.15, 0.2) is 28.7 Å². The second-order valence-electron chi connectivity index (χ2n) is 4.06. The van der Waals surface area contributed by atoms with E-state index in [1.807, 2.05) is 26.0 Å². The van der Waals surface area contributed by atoms with Gasteiger partial charge in [-0.15, -0.1) is 0 Å². The van der Waals surface area contributed by atoms with Gasteiger partial charge in [-0.05, 0) is 38.1 Å². The molecule has 1 unspecified atom stereocenters. The molecule has 0 spiro atoms. The molecule has 2 N–H and O–H groups in total. The molecule has 4 heteroatoms. The quantitative estimate of drug-likeness (QED) is 0.749. The maximum Gasteiger partial charge on any atom is 0.158 e. The summed E-state index contributed by atoms with van der Waals surface area (Å²) in [4.78, 5) is 0. The van der Waals surface area contributed by atoms with Crippen LogP contribution in [0.5, 0.6) is 0 Å². The number of hydrogen-bond acceptors (Lipinski definition) is 3. The van der Waals surface area contributed by atoms with Crippen LogP contribution >= 0.6 is 15.9 Å². The Bertz CT molecular complexity index is 323. The van der Waals surface area contributed by atoms with Crippen molar-refractivity contribution in [1.82, 2.24) is 0 Å². The molecule has 0 aromatic heterocycles. The summed E-state index contributed by atoms with van der Waals surface area (Å²) < 4.78 is 12.2. The van der Waals surface area contributed by atoms with Gasteiger partial charge in [0, 0.05) is 30.0 Å². The maximum absolute atomic E-state index is 5.86. The summed E-state index contributed by atoms with van der Waals surface area (Å²) in [6.07, 6.45) is 0.622. The summed E-state index contributed by atoms with van der Waals surface area (Å²) in [6.45, 7) is 5.86.